The van der Waals surface area contributed by atoms with Gasteiger partial charge in [0.2, 0.25) is 0 Å². The minimum atomic E-state index is -1.31. The number of aliphatic hydroxyl groups is 1. The number of rotatable bonds is 16. The van der Waals surface area contributed by atoms with Gasteiger partial charge in [-0.2, -0.15) is 0 Å². The number of hydrogen-bond donors (Lipinski definition) is 4. The SMILES string of the molecule is C=CCOC(=O)[C@@H]1O[C@H]([C@@H](CNC(=O)OC(C)(C)C)OC(=O)[C@@H]2O[C@H]([C@@H](CNC(=O)OC(C)(C)C)OC(=O)[C@@H]3O[C@H]([C@H](O)CNC(=O)OC(C)(C)C)C=C[C@@H]3C)C=C[C@@H]2C)C=C[C@@H]1C. The van der Waals surface area contributed by atoms with Gasteiger partial charge in [0.1, 0.15) is 60.0 Å². The minimum absolute atomic E-state index is 0.0455. The summed E-state index contributed by atoms with van der Waals surface area (Å²) in [5, 5.41) is 18.5. The van der Waals surface area contributed by atoms with Crippen molar-refractivity contribution in [2.24, 2.45) is 17.8 Å². The summed E-state index contributed by atoms with van der Waals surface area (Å²) in [5.41, 5.74) is -2.45. The van der Waals surface area contributed by atoms with Gasteiger partial charge in [-0.1, -0.05) is 69.9 Å². The lowest BCUT2D eigenvalue weighted by Gasteiger charge is -2.37. The molecule has 0 fully saturated rings. The Morgan fingerprint density at radius 3 is 1.25 bits per heavy atom. The van der Waals surface area contributed by atoms with Crippen LogP contribution in [0, 0.1) is 17.8 Å². The first kappa shape index (κ1) is 53.4. The number of aliphatic hydroxyl groups excluding tert-OH is 1. The molecule has 0 saturated heterocycles. The number of esters is 3. The number of amides is 3. The molecule has 19 heteroatoms. The Labute approximate surface area is 375 Å². The molecule has 19 nitrogen and oxygen atoms in total. The first-order valence-electron chi connectivity index (χ1n) is 21.4. The van der Waals surface area contributed by atoms with Gasteiger partial charge >= 0.3 is 36.2 Å². The highest BCUT2D eigenvalue weighted by atomic mass is 16.6. The summed E-state index contributed by atoms with van der Waals surface area (Å²) in [7, 11) is 0. The van der Waals surface area contributed by atoms with Crippen LogP contribution in [-0.4, -0.2) is 139 Å². The zero-order valence-corrected chi connectivity index (χ0v) is 39.1. The number of nitrogens with one attached hydrogen (secondary N) is 3. The largest absolute Gasteiger partial charge is 0.460 e. The molecular weight excluding hydrogens is 838 g/mol. The first-order valence-corrected chi connectivity index (χ1v) is 21.4. The summed E-state index contributed by atoms with van der Waals surface area (Å²) in [4.78, 5) is 78.7. The Morgan fingerprint density at radius 2 is 0.891 bits per heavy atom. The van der Waals surface area contributed by atoms with Crippen LogP contribution in [0.3, 0.4) is 0 Å². The average Bonchev–Trinajstić information content (AvgIpc) is 3.17. The average molecular weight is 908 g/mol. The van der Waals surface area contributed by atoms with Gasteiger partial charge in [-0.05, 0) is 62.3 Å². The van der Waals surface area contributed by atoms with E-state index >= 15 is 0 Å². The molecule has 0 bridgehead atoms. The van der Waals surface area contributed by atoms with Gasteiger partial charge in [0.25, 0.3) is 0 Å². The van der Waals surface area contributed by atoms with E-state index < -0.39 is 126 Å². The fourth-order valence-corrected chi connectivity index (χ4v) is 6.35. The molecule has 0 aromatic heterocycles. The van der Waals surface area contributed by atoms with Gasteiger partial charge < -0.3 is 63.7 Å². The van der Waals surface area contributed by atoms with E-state index in [1.807, 2.05) is 0 Å². The molecule has 0 aliphatic carbocycles. The van der Waals surface area contributed by atoms with Gasteiger partial charge in [-0.15, -0.1) is 0 Å². The lowest BCUT2D eigenvalue weighted by molar-refractivity contribution is -0.190. The van der Waals surface area contributed by atoms with Crippen molar-refractivity contribution < 1.29 is 76.5 Å². The van der Waals surface area contributed by atoms with Gasteiger partial charge in [-0.25, -0.2) is 28.8 Å². The topological polar surface area (TPSA) is 242 Å². The van der Waals surface area contributed by atoms with Crippen LogP contribution in [0.2, 0.25) is 0 Å². The Hall–Kier alpha value is -4.98. The lowest BCUT2D eigenvalue weighted by atomic mass is 9.97. The van der Waals surface area contributed by atoms with Crippen molar-refractivity contribution in [3.05, 3.63) is 49.1 Å². The summed E-state index contributed by atoms with van der Waals surface area (Å²) in [6, 6.07) is 0. The van der Waals surface area contributed by atoms with E-state index in [2.05, 4.69) is 22.5 Å². The zero-order valence-electron chi connectivity index (χ0n) is 39.1. The third-order valence-corrected chi connectivity index (χ3v) is 9.39. The molecule has 3 rings (SSSR count). The normalized spacial score (nSPS) is 27.1. The second-order valence-corrected chi connectivity index (χ2v) is 18.9. The summed E-state index contributed by atoms with van der Waals surface area (Å²) < 4.78 is 51.6. The van der Waals surface area contributed by atoms with E-state index in [1.54, 1.807) is 120 Å². The molecule has 3 aliphatic heterocycles. The van der Waals surface area contributed by atoms with Gasteiger partial charge in [0, 0.05) is 24.3 Å². The molecule has 0 aromatic rings. The second-order valence-electron chi connectivity index (χ2n) is 18.9. The lowest BCUT2D eigenvalue weighted by Crippen LogP contribution is -2.52. The molecule has 64 heavy (non-hydrogen) atoms. The van der Waals surface area contributed by atoms with Gasteiger partial charge in [0.15, 0.2) is 18.3 Å². The molecule has 0 radical (unpaired) electrons. The van der Waals surface area contributed by atoms with E-state index in [1.165, 1.54) is 6.08 Å². The Morgan fingerprint density at radius 1 is 0.562 bits per heavy atom. The van der Waals surface area contributed by atoms with Crippen LogP contribution < -0.4 is 16.0 Å². The molecule has 0 unspecified atom stereocenters. The highest BCUT2D eigenvalue weighted by molar-refractivity contribution is 5.78. The number of alkyl carbamates (subject to hydrolysis) is 3. The van der Waals surface area contributed by atoms with Crippen molar-refractivity contribution in [2.45, 2.75) is 155 Å². The van der Waals surface area contributed by atoms with Gasteiger partial charge in [-0.3, -0.25) is 0 Å². The standard InChI is InChI=1S/C45H69N3O16/c1-14-21-56-37(50)34-25(2)16-19-30(58-34)32(23-47-41(54)63-44(8,9)10)61-39(52)36-27(4)17-20-31(59-36)33(24-48-42(55)64-45(11,12)13)60-38(51)35-26(3)15-18-29(57-35)28(49)22-46-40(53)62-43(5,6)7/h14-20,25-36,49H,1,21-24H2,2-13H3,(H,46,53)(H,47,54)(H,48,55)/t25-,26-,27-,28+,29-,30-,31-,32+,33+,34+,35+,36+/m0/s1. The van der Waals surface area contributed by atoms with Crippen molar-refractivity contribution in [3.63, 3.8) is 0 Å². The highest BCUT2D eigenvalue weighted by Crippen LogP contribution is 2.28. The van der Waals surface area contributed by atoms with Crippen molar-refractivity contribution in [1.82, 2.24) is 16.0 Å². The van der Waals surface area contributed by atoms with E-state index in [0.717, 1.165) is 0 Å². The quantitative estimate of drug-likeness (QED) is 0.0956. The van der Waals surface area contributed by atoms with Crippen molar-refractivity contribution in [3.8, 4) is 0 Å². The van der Waals surface area contributed by atoms with Crippen LogP contribution in [0.5, 0.6) is 0 Å². The van der Waals surface area contributed by atoms with Gasteiger partial charge in [0.05, 0.1) is 13.1 Å². The maximum atomic E-state index is 14.1. The number of hydrogen-bond acceptors (Lipinski definition) is 16. The molecule has 3 amide bonds. The van der Waals surface area contributed by atoms with Crippen LogP contribution in [-0.2, 0) is 57.0 Å². The van der Waals surface area contributed by atoms with Crippen LogP contribution >= 0.6 is 0 Å². The summed E-state index contributed by atoms with van der Waals surface area (Å²) >= 11 is 0. The molecule has 360 valence electrons. The van der Waals surface area contributed by atoms with Crippen molar-refractivity contribution in [2.75, 3.05) is 26.2 Å². The van der Waals surface area contributed by atoms with E-state index in [0.29, 0.717) is 0 Å². The number of carbonyl (C=O) groups is 6. The maximum absolute atomic E-state index is 14.1. The highest BCUT2D eigenvalue weighted by Gasteiger charge is 2.43. The molecule has 0 spiro atoms. The van der Waals surface area contributed by atoms with E-state index in [-0.39, 0.29) is 26.2 Å². The minimum Gasteiger partial charge on any atom is -0.460 e. The Bertz CT molecular complexity index is 1730. The third kappa shape index (κ3) is 17.9. The molecule has 0 aromatic carbocycles. The molecule has 3 aliphatic rings. The Kier molecular flexibility index (Phi) is 19.4. The molecular formula is C45H69N3O16. The second kappa shape index (κ2) is 23.3. The third-order valence-electron chi connectivity index (χ3n) is 9.39. The molecule has 4 N–H and O–H groups in total. The van der Waals surface area contributed by atoms with Crippen LogP contribution in [0.25, 0.3) is 0 Å². The molecule has 3 heterocycles. The van der Waals surface area contributed by atoms with Crippen LogP contribution in [0.1, 0.15) is 83.1 Å². The number of carbonyl (C=O) groups excluding carboxylic acids is 6. The Balaban J connectivity index is 1.84. The smallest absolute Gasteiger partial charge is 0.407 e. The molecule has 12 atom stereocenters. The van der Waals surface area contributed by atoms with Crippen LogP contribution in [0.4, 0.5) is 14.4 Å². The predicted octanol–water partition coefficient (Wildman–Crippen LogP) is 4.35. The fourth-order valence-electron chi connectivity index (χ4n) is 6.35. The van der Waals surface area contributed by atoms with Crippen LogP contribution in [0.15, 0.2) is 49.1 Å². The molecule has 0 saturated carbocycles. The van der Waals surface area contributed by atoms with Crippen molar-refractivity contribution in [1.29, 1.82) is 0 Å². The first-order chi connectivity index (χ1) is 29.7. The monoisotopic (exact) mass is 907 g/mol. The maximum Gasteiger partial charge on any atom is 0.407 e. The van der Waals surface area contributed by atoms with E-state index in [9.17, 15) is 33.9 Å². The summed E-state index contributed by atoms with van der Waals surface area (Å²) in [6.45, 7) is 23.0. The summed E-state index contributed by atoms with van der Waals surface area (Å²) in [6.07, 6.45) is -1.68. The summed E-state index contributed by atoms with van der Waals surface area (Å²) in [5.74, 6) is -3.93. The van der Waals surface area contributed by atoms with Crippen molar-refractivity contribution >= 4 is 36.2 Å². The zero-order chi connectivity index (χ0) is 48.2. The predicted molar refractivity (Wildman–Crippen MR) is 231 cm³/mol. The fraction of sp³-hybridized carbons (Fsp3) is 0.689. The number of ether oxygens (including phenoxy) is 9. The van der Waals surface area contributed by atoms with E-state index in [4.69, 9.17) is 42.6 Å².